The van der Waals surface area contributed by atoms with Crippen molar-refractivity contribution in [1.29, 1.82) is 0 Å². The number of carbonyl (C=O) groups excluding carboxylic acids is 3. The minimum Gasteiger partial charge on any atom is -0.452 e. The maximum absolute atomic E-state index is 12.1. The van der Waals surface area contributed by atoms with Crippen molar-refractivity contribution in [3.8, 4) is 0 Å². The number of carbonyl (C=O) groups is 3. The van der Waals surface area contributed by atoms with Crippen LogP contribution in [0.25, 0.3) is 0 Å². The van der Waals surface area contributed by atoms with Crippen molar-refractivity contribution in [2.75, 3.05) is 6.54 Å². The number of urea groups is 1. The van der Waals surface area contributed by atoms with Crippen LogP contribution in [-0.2, 0) is 24.3 Å². The van der Waals surface area contributed by atoms with E-state index in [0.717, 1.165) is 32.1 Å². The third-order valence-electron chi connectivity index (χ3n) is 5.10. The highest BCUT2D eigenvalue weighted by atomic mass is 32.2. The Morgan fingerprint density at radius 3 is 2.65 bits per heavy atom. The quantitative estimate of drug-likeness (QED) is 0.556. The second kappa shape index (κ2) is 9.90. The molecule has 11 heteroatoms. The van der Waals surface area contributed by atoms with Crippen molar-refractivity contribution in [2.24, 2.45) is 4.99 Å². The van der Waals surface area contributed by atoms with Crippen molar-refractivity contribution in [3.05, 3.63) is 29.8 Å². The average molecular weight is 451 g/mol. The van der Waals surface area contributed by atoms with E-state index in [4.69, 9.17) is 4.74 Å². The zero-order valence-corrected chi connectivity index (χ0v) is 18.0. The van der Waals surface area contributed by atoms with E-state index in [2.05, 4.69) is 20.3 Å². The van der Waals surface area contributed by atoms with E-state index in [0.29, 0.717) is 5.56 Å². The van der Waals surface area contributed by atoms with Crippen LogP contribution in [0.2, 0.25) is 0 Å². The SMILES string of the molecule is CC(OC(=O)CCN=C1NS(=O)(=O)c2ccccc21)C(=O)NC(=O)NC1CCCCC1. The molecule has 0 saturated heterocycles. The molecule has 168 valence electrons. The third-order valence-corrected chi connectivity index (χ3v) is 6.50. The smallest absolute Gasteiger partial charge is 0.321 e. The number of amidine groups is 1. The topological polar surface area (TPSA) is 143 Å². The van der Waals surface area contributed by atoms with Crippen LogP contribution in [0.1, 0.15) is 51.0 Å². The van der Waals surface area contributed by atoms with Crippen molar-refractivity contribution >= 4 is 33.8 Å². The Morgan fingerprint density at radius 1 is 1.19 bits per heavy atom. The Bertz CT molecular complexity index is 985. The number of fused-ring (bicyclic) bond motifs is 1. The number of benzene rings is 1. The molecule has 3 amide bonds. The molecule has 0 radical (unpaired) electrons. The van der Waals surface area contributed by atoms with Crippen molar-refractivity contribution in [2.45, 2.75) is 62.5 Å². The van der Waals surface area contributed by atoms with Gasteiger partial charge in [-0.25, -0.2) is 13.2 Å². The van der Waals surface area contributed by atoms with Gasteiger partial charge in [0.1, 0.15) is 5.84 Å². The summed E-state index contributed by atoms with van der Waals surface area (Å²) in [6.07, 6.45) is 3.70. The van der Waals surface area contributed by atoms with E-state index in [-0.39, 0.29) is 29.7 Å². The Kier molecular flexibility index (Phi) is 7.26. The molecule has 1 aliphatic carbocycles. The molecule has 3 N–H and O–H groups in total. The van der Waals surface area contributed by atoms with Gasteiger partial charge in [-0.15, -0.1) is 0 Å². The highest BCUT2D eigenvalue weighted by Crippen LogP contribution is 2.22. The number of nitrogens with zero attached hydrogens (tertiary/aromatic N) is 1. The normalized spacial score (nSPS) is 19.7. The van der Waals surface area contributed by atoms with Gasteiger partial charge in [0.05, 0.1) is 17.9 Å². The van der Waals surface area contributed by atoms with Crippen LogP contribution < -0.4 is 15.4 Å². The third kappa shape index (κ3) is 6.03. The lowest BCUT2D eigenvalue weighted by Gasteiger charge is -2.23. The van der Waals surface area contributed by atoms with Crippen LogP contribution in [0.4, 0.5) is 4.79 Å². The van der Waals surface area contributed by atoms with E-state index >= 15 is 0 Å². The number of sulfonamides is 1. The summed E-state index contributed by atoms with van der Waals surface area (Å²) in [5.41, 5.74) is 0.438. The van der Waals surface area contributed by atoms with Gasteiger partial charge in [-0.3, -0.25) is 24.6 Å². The maximum atomic E-state index is 12.1. The summed E-state index contributed by atoms with van der Waals surface area (Å²) in [5.74, 6) is -1.24. The van der Waals surface area contributed by atoms with E-state index in [9.17, 15) is 22.8 Å². The molecule has 1 aromatic rings. The summed E-state index contributed by atoms with van der Waals surface area (Å²) >= 11 is 0. The summed E-state index contributed by atoms with van der Waals surface area (Å²) in [6.45, 7) is 1.34. The predicted octanol–water partition coefficient (Wildman–Crippen LogP) is 1.21. The standard InChI is InChI=1S/C20H26N4O6S/c1-13(19(26)23-20(27)22-14-7-3-2-4-8-14)30-17(25)11-12-21-18-15-9-5-6-10-16(15)31(28,29)24-18/h5-6,9-10,13-14H,2-4,7-8,11-12H2,1H3,(H,21,24)(H2,22,23,26,27). The van der Waals surface area contributed by atoms with E-state index in [1.165, 1.54) is 13.0 Å². The second-order valence-electron chi connectivity index (χ2n) is 7.51. The predicted molar refractivity (Wildman–Crippen MR) is 112 cm³/mol. The van der Waals surface area contributed by atoms with E-state index in [1.807, 2.05) is 0 Å². The maximum Gasteiger partial charge on any atom is 0.321 e. The Balaban J connectivity index is 1.43. The summed E-state index contributed by atoms with van der Waals surface area (Å²) in [7, 11) is -3.65. The Morgan fingerprint density at radius 2 is 1.90 bits per heavy atom. The monoisotopic (exact) mass is 450 g/mol. The van der Waals surface area contributed by atoms with Crippen molar-refractivity contribution in [1.82, 2.24) is 15.4 Å². The molecule has 1 saturated carbocycles. The number of hydrogen-bond acceptors (Lipinski definition) is 7. The number of aliphatic imine (C=N–C) groups is 1. The van der Waals surface area contributed by atoms with E-state index in [1.54, 1.807) is 18.2 Å². The number of amides is 3. The fourth-order valence-corrected chi connectivity index (χ4v) is 4.75. The Hall–Kier alpha value is -2.95. The summed E-state index contributed by atoms with van der Waals surface area (Å²) in [4.78, 5) is 40.3. The fourth-order valence-electron chi connectivity index (χ4n) is 3.50. The zero-order chi connectivity index (χ0) is 22.4. The van der Waals surface area contributed by atoms with Gasteiger partial charge in [0.25, 0.3) is 15.9 Å². The first-order chi connectivity index (χ1) is 14.8. The Labute approximate surface area is 180 Å². The van der Waals surface area contributed by atoms with Gasteiger partial charge < -0.3 is 10.1 Å². The molecule has 2 aliphatic rings. The number of esters is 1. The number of rotatable bonds is 6. The van der Waals surface area contributed by atoms with Gasteiger partial charge in [0.15, 0.2) is 6.10 Å². The summed E-state index contributed by atoms with van der Waals surface area (Å²) in [5, 5.41) is 4.94. The van der Waals surface area contributed by atoms with Gasteiger partial charge >= 0.3 is 12.0 Å². The van der Waals surface area contributed by atoms with Crippen molar-refractivity contribution in [3.63, 3.8) is 0 Å². The molecule has 3 rings (SSSR count). The first-order valence-electron chi connectivity index (χ1n) is 10.2. The highest BCUT2D eigenvalue weighted by molar-refractivity contribution is 7.90. The number of nitrogens with one attached hydrogen (secondary N) is 3. The number of hydrogen-bond donors (Lipinski definition) is 3. The molecule has 1 fully saturated rings. The van der Waals surface area contributed by atoms with Crippen LogP contribution in [0.15, 0.2) is 34.2 Å². The number of imide groups is 1. The molecule has 0 spiro atoms. The molecule has 0 aromatic heterocycles. The lowest BCUT2D eigenvalue weighted by atomic mass is 9.96. The van der Waals surface area contributed by atoms with Gasteiger partial charge in [0.2, 0.25) is 0 Å². The minimum absolute atomic E-state index is 0.0263. The highest BCUT2D eigenvalue weighted by Gasteiger charge is 2.30. The van der Waals surface area contributed by atoms with Gasteiger partial charge in [-0.1, -0.05) is 31.4 Å². The van der Waals surface area contributed by atoms with Crippen LogP contribution >= 0.6 is 0 Å². The molecule has 1 atom stereocenters. The lowest BCUT2D eigenvalue weighted by molar-refractivity contribution is -0.154. The van der Waals surface area contributed by atoms with Gasteiger partial charge in [0, 0.05) is 11.6 Å². The minimum atomic E-state index is -3.65. The largest absolute Gasteiger partial charge is 0.452 e. The van der Waals surface area contributed by atoms with Crippen LogP contribution in [0.3, 0.4) is 0 Å². The number of ether oxygens (including phenoxy) is 1. The molecule has 1 aromatic carbocycles. The molecule has 1 heterocycles. The molecular formula is C20H26N4O6S. The fraction of sp³-hybridized carbons (Fsp3) is 0.500. The molecule has 10 nitrogen and oxygen atoms in total. The van der Waals surface area contributed by atoms with Gasteiger partial charge in [-0.2, -0.15) is 0 Å². The molecular weight excluding hydrogens is 424 g/mol. The van der Waals surface area contributed by atoms with E-state index < -0.39 is 34.0 Å². The van der Waals surface area contributed by atoms with Crippen LogP contribution in [0.5, 0.6) is 0 Å². The van der Waals surface area contributed by atoms with Crippen LogP contribution in [0, 0.1) is 0 Å². The zero-order valence-electron chi connectivity index (χ0n) is 17.2. The molecule has 1 unspecified atom stereocenters. The average Bonchev–Trinajstić information content (AvgIpc) is 2.99. The van der Waals surface area contributed by atoms with Crippen molar-refractivity contribution < 1.29 is 27.5 Å². The molecule has 0 bridgehead atoms. The lowest BCUT2D eigenvalue weighted by Crippen LogP contribution is -2.48. The van der Waals surface area contributed by atoms with Gasteiger partial charge in [-0.05, 0) is 31.9 Å². The summed E-state index contributed by atoms with van der Waals surface area (Å²) in [6, 6.07) is 5.85. The first-order valence-corrected chi connectivity index (χ1v) is 11.7. The first kappa shape index (κ1) is 22.7. The molecule has 31 heavy (non-hydrogen) atoms. The molecule has 1 aliphatic heterocycles. The second-order valence-corrected chi connectivity index (χ2v) is 9.16. The van der Waals surface area contributed by atoms with Crippen LogP contribution in [-0.4, -0.2) is 50.9 Å². The summed E-state index contributed by atoms with van der Waals surface area (Å²) < 4.78 is 31.5.